The maximum absolute atomic E-state index is 12.9. The van der Waals surface area contributed by atoms with Gasteiger partial charge in [0, 0.05) is 12.1 Å². The number of ether oxygens (including phenoxy) is 1. The van der Waals surface area contributed by atoms with Gasteiger partial charge in [0.15, 0.2) is 0 Å². The first kappa shape index (κ1) is 14.1. The Balaban J connectivity index is 2.05. The van der Waals surface area contributed by atoms with Crippen LogP contribution in [0.25, 0.3) is 0 Å². The number of hydrogen-bond acceptors (Lipinski definition) is 4. The Bertz CT molecular complexity index is 666. The number of fused-ring (bicyclic) bond motifs is 1. The van der Waals surface area contributed by atoms with Gasteiger partial charge in [-0.1, -0.05) is 6.07 Å². The van der Waals surface area contributed by atoms with E-state index in [2.05, 4.69) is 4.98 Å². The molecule has 110 valence electrons. The molecule has 0 bridgehead atoms. The van der Waals surface area contributed by atoms with Crippen molar-refractivity contribution in [3.05, 3.63) is 39.8 Å². The molecule has 3 rings (SSSR count). The molecule has 0 aliphatic carbocycles. The standard InChI is InChI=1S/C16H18N2O2S/c1-11-15(21-10-17-11)16(19)18-9-4-3-6-12-13(18)7-5-8-14(12)20-2/h5,7-8,10H,3-4,6,9H2,1-2H3. The minimum atomic E-state index is 0.0476. The quantitative estimate of drug-likeness (QED) is 0.853. The molecule has 1 aliphatic rings. The number of nitrogens with zero attached hydrogens (tertiary/aromatic N) is 2. The number of hydrogen-bond donors (Lipinski definition) is 0. The molecule has 21 heavy (non-hydrogen) atoms. The Kier molecular flexibility index (Phi) is 3.92. The third kappa shape index (κ3) is 2.53. The van der Waals surface area contributed by atoms with Crippen molar-refractivity contribution < 1.29 is 9.53 Å². The molecule has 2 aromatic rings. The van der Waals surface area contributed by atoms with Crippen LogP contribution in [0.15, 0.2) is 23.7 Å². The molecular weight excluding hydrogens is 284 g/mol. The Labute approximate surface area is 128 Å². The van der Waals surface area contributed by atoms with Gasteiger partial charge in [-0.05, 0) is 38.3 Å². The largest absolute Gasteiger partial charge is 0.496 e. The van der Waals surface area contributed by atoms with Gasteiger partial charge in [0.25, 0.3) is 5.91 Å². The first-order chi connectivity index (χ1) is 10.2. The normalized spacial score (nSPS) is 14.5. The number of aryl methyl sites for hydroxylation is 1. The fourth-order valence-electron chi connectivity index (χ4n) is 2.78. The number of anilines is 1. The number of benzene rings is 1. The summed E-state index contributed by atoms with van der Waals surface area (Å²) in [5.74, 6) is 0.916. The number of rotatable bonds is 2. The summed E-state index contributed by atoms with van der Waals surface area (Å²) in [6, 6.07) is 5.92. The van der Waals surface area contributed by atoms with Crippen molar-refractivity contribution in [1.29, 1.82) is 0 Å². The topological polar surface area (TPSA) is 42.4 Å². The van der Waals surface area contributed by atoms with Crippen molar-refractivity contribution in [2.75, 3.05) is 18.6 Å². The minimum Gasteiger partial charge on any atom is -0.496 e. The molecule has 0 radical (unpaired) electrons. The molecule has 1 aromatic carbocycles. The lowest BCUT2D eigenvalue weighted by Gasteiger charge is -2.23. The van der Waals surface area contributed by atoms with Crippen molar-refractivity contribution in [2.24, 2.45) is 0 Å². The van der Waals surface area contributed by atoms with E-state index in [1.54, 1.807) is 12.6 Å². The number of carbonyl (C=O) groups is 1. The highest BCUT2D eigenvalue weighted by Gasteiger charge is 2.26. The maximum Gasteiger partial charge on any atom is 0.270 e. The van der Waals surface area contributed by atoms with Crippen molar-refractivity contribution in [3.63, 3.8) is 0 Å². The molecule has 0 N–H and O–H groups in total. The van der Waals surface area contributed by atoms with Crippen LogP contribution in [-0.2, 0) is 6.42 Å². The predicted octanol–water partition coefficient (Wildman–Crippen LogP) is 3.44. The third-order valence-corrected chi connectivity index (χ3v) is 4.78. The van der Waals surface area contributed by atoms with Crippen LogP contribution in [0.1, 0.15) is 33.8 Å². The lowest BCUT2D eigenvalue weighted by Crippen LogP contribution is -2.31. The van der Waals surface area contributed by atoms with Gasteiger partial charge in [-0.2, -0.15) is 0 Å². The molecule has 0 spiro atoms. The fourth-order valence-corrected chi connectivity index (χ4v) is 3.53. The number of methoxy groups -OCH3 is 1. The smallest absolute Gasteiger partial charge is 0.270 e. The molecule has 2 heterocycles. The zero-order valence-corrected chi connectivity index (χ0v) is 13.1. The van der Waals surface area contributed by atoms with E-state index in [-0.39, 0.29) is 5.91 Å². The van der Waals surface area contributed by atoms with Gasteiger partial charge in [0.2, 0.25) is 0 Å². The average molecular weight is 302 g/mol. The second-order valence-electron chi connectivity index (χ2n) is 5.14. The summed E-state index contributed by atoms with van der Waals surface area (Å²) in [7, 11) is 1.68. The molecule has 0 fully saturated rings. The van der Waals surface area contributed by atoms with E-state index < -0.39 is 0 Å². The van der Waals surface area contributed by atoms with Crippen LogP contribution in [0.3, 0.4) is 0 Å². The van der Waals surface area contributed by atoms with Crippen LogP contribution in [0.5, 0.6) is 5.75 Å². The van der Waals surface area contributed by atoms with Crippen molar-refractivity contribution in [2.45, 2.75) is 26.2 Å². The molecule has 0 atom stereocenters. The summed E-state index contributed by atoms with van der Waals surface area (Å²) in [5.41, 5.74) is 4.64. The van der Waals surface area contributed by atoms with E-state index in [9.17, 15) is 4.79 Å². The van der Waals surface area contributed by atoms with E-state index in [0.717, 1.165) is 53.4 Å². The van der Waals surface area contributed by atoms with E-state index in [1.807, 2.05) is 30.0 Å². The Morgan fingerprint density at radius 2 is 2.24 bits per heavy atom. The lowest BCUT2D eigenvalue weighted by molar-refractivity contribution is 0.0990. The predicted molar refractivity (Wildman–Crippen MR) is 84.5 cm³/mol. The molecule has 1 amide bonds. The minimum absolute atomic E-state index is 0.0476. The molecular formula is C16H18N2O2S. The van der Waals surface area contributed by atoms with Gasteiger partial charge >= 0.3 is 0 Å². The Hall–Kier alpha value is -1.88. The Morgan fingerprint density at radius 3 is 2.95 bits per heavy atom. The second kappa shape index (κ2) is 5.85. The monoisotopic (exact) mass is 302 g/mol. The summed E-state index contributed by atoms with van der Waals surface area (Å²) < 4.78 is 5.46. The van der Waals surface area contributed by atoms with Crippen molar-refractivity contribution in [3.8, 4) is 5.75 Å². The highest BCUT2D eigenvalue weighted by atomic mass is 32.1. The maximum atomic E-state index is 12.9. The van der Waals surface area contributed by atoms with E-state index >= 15 is 0 Å². The molecule has 0 saturated carbocycles. The summed E-state index contributed by atoms with van der Waals surface area (Å²) in [4.78, 5) is 19.7. The highest BCUT2D eigenvalue weighted by molar-refractivity contribution is 7.12. The summed E-state index contributed by atoms with van der Waals surface area (Å²) >= 11 is 1.41. The van der Waals surface area contributed by atoms with Gasteiger partial charge in [0.1, 0.15) is 10.6 Å². The van der Waals surface area contributed by atoms with Gasteiger partial charge in [0.05, 0.1) is 24.0 Å². The number of carbonyl (C=O) groups excluding carboxylic acids is 1. The van der Waals surface area contributed by atoms with Crippen LogP contribution in [-0.4, -0.2) is 24.5 Å². The summed E-state index contributed by atoms with van der Waals surface area (Å²) in [5, 5.41) is 0. The lowest BCUT2D eigenvalue weighted by atomic mass is 10.1. The average Bonchev–Trinajstić information content (AvgIpc) is 2.81. The van der Waals surface area contributed by atoms with Crippen LogP contribution in [0.4, 0.5) is 5.69 Å². The highest BCUT2D eigenvalue weighted by Crippen LogP contribution is 2.34. The third-order valence-electron chi connectivity index (χ3n) is 3.86. The molecule has 4 nitrogen and oxygen atoms in total. The van der Waals surface area contributed by atoms with Gasteiger partial charge in [-0.3, -0.25) is 4.79 Å². The van der Waals surface area contributed by atoms with Crippen molar-refractivity contribution >= 4 is 22.9 Å². The van der Waals surface area contributed by atoms with E-state index in [0.29, 0.717) is 0 Å². The van der Waals surface area contributed by atoms with E-state index in [1.165, 1.54) is 11.3 Å². The zero-order valence-electron chi connectivity index (χ0n) is 12.3. The summed E-state index contributed by atoms with van der Waals surface area (Å²) in [6.45, 7) is 2.63. The van der Waals surface area contributed by atoms with E-state index in [4.69, 9.17) is 4.74 Å². The van der Waals surface area contributed by atoms with Gasteiger partial charge in [-0.25, -0.2) is 4.98 Å². The first-order valence-electron chi connectivity index (χ1n) is 7.10. The van der Waals surface area contributed by atoms with Crippen LogP contribution >= 0.6 is 11.3 Å². The molecule has 1 aliphatic heterocycles. The van der Waals surface area contributed by atoms with Gasteiger partial charge < -0.3 is 9.64 Å². The fraction of sp³-hybridized carbons (Fsp3) is 0.375. The second-order valence-corrected chi connectivity index (χ2v) is 5.99. The molecule has 1 aromatic heterocycles. The SMILES string of the molecule is COc1cccc2c1CCCCN2C(=O)c1scnc1C. The molecule has 5 heteroatoms. The molecule has 0 saturated heterocycles. The number of amides is 1. The Morgan fingerprint density at radius 1 is 1.38 bits per heavy atom. The number of thiazole rings is 1. The van der Waals surface area contributed by atoms with Crippen LogP contribution in [0, 0.1) is 6.92 Å². The first-order valence-corrected chi connectivity index (χ1v) is 7.98. The van der Waals surface area contributed by atoms with Crippen molar-refractivity contribution in [1.82, 2.24) is 4.98 Å². The van der Waals surface area contributed by atoms with Crippen LogP contribution in [0.2, 0.25) is 0 Å². The summed E-state index contributed by atoms with van der Waals surface area (Å²) in [6.07, 6.45) is 3.02. The van der Waals surface area contributed by atoms with Gasteiger partial charge in [-0.15, -0.1) is 11.3 Å². The molecule has 0 unspecified atom stereocenters. The van der Waals surface area contributed by atoms with Crippen LogP contribution < -0.4 is 9.64 Å². The zero-order chi connectivity index (χ0) is 14.8. The number of aromatic nitrogens is 1.